The number of alkyl halides is 1. The van der Waals surface area contributed by atoms with Crippen LogP contribution < -0.4 is 5.32 Å². The lowest BCUT2D eigenvalue weighted by Crippen LogP contribution is -2.43. The Hall–Kier alpha value is 0.110. The van der Waals surface area contributed by atoms with Crippen LogP contribution in [0.1, 0.15) is 33.1 Å². The third-order valence-electron chi connectivity index (χ3n) is 3.00. The summed E-state index contributed by atoms with van der Waals surface area (Å²) in [4.78, 5) is 11.8. The lowest BCUT2D eigenvalue weighted by Gasteiger charge is -2.23. The van der Waals surface area contributed by atoms with Gasteiger partial charge >= 0.3 is 0 Å². The molecule has 1 aliphatic rings. The minimum Gasteiger partial charge on any atom is -0.353 e. The van der Waals surface area contributed by atoms with Crippen LogP contribution in [0, 0.1) is 5.41 Å². The number of hydrogen-bond donors (Lipinski definition) is 1. The second-order valence-corrected chi connectivity index (χ2v) is 6.26. The number of thioether (sulfide) groups is 1. The van der Waals surface area contributed by atoms with E-state index in [0.29, 0.717) is 11.9 Å². The number of amides is 1. The van der Waals surface area contributed by atoms with Crippen LogP contribution in [0.2, 0.25) is 0 Å². The molecular weight excluding hydrogens is 230 g/mol. The maximum absolute atomic E-state index is 11.8. The molecule has 1 saturated carbocycles. The van der Waals surface area contributed by atoms with Crippen LogP contribution >= 0.6 is 23.4 Å². The minimum atomic E-state index is -0.445. The maximum atomic E-state index is 11.8. The third kappa shape index (κ3) is 3.56. The van der Waals surface area contributed by atoms with Crippen molar-refractivity contribution in [3.05, 3.63) is 0 Å². The van der Waals surface area contributed by atoms with Crippen molar-refractivity contribution in [2.45, 2.75) is 44.4 Å². The van der Waals surface area contributed by atoms with Gasteiger partial charge in [-0.3, -0.25) is 4.79 Å². The summed E-state index contributed by atoms with van der Waals surface area (Å²) in [6.07, 6.45) is 5.56. The molecule has 88 valence electrons. The van der Waals surface area contributed by atoms with Crippen LogP contribution in [0.3, 0.4) is 0 Å². The number of hydrogen-bond acceptors (Lipinski definition) is 2. The van der Waals surface area contributed by atoms with Crippen LogP contribution in [0.5, 0.6) is 0 Å². The van der Waals surface area contributed by atoms with Gasteiger partial charge in [-0.05, 0) is 39.4 Å². The summed E-state index contributed by atoms with van der Waals surface area (Å²) in [6, 6.07) is 0.359. The van der Waals surface area contributed by atoms with Gasteiger partial charge in [0, 0.05) is 17.2 Å². The van der Waals surface area contributed by atoms with Crippen LogP contribution in [-0.2, 0) is 4.79 Å². The van der Waals surface area contributed by atoms with Crippen LogP contribution in [0.15, 0.2) is 0 Å². The monoisotopic (exact) mass is 249 g/mol. The van der Waals surface area contributed by atoms with E-state index in [4.69, 9.17) is 11.6 Å². The zero-order valence-corrected chi connectivity index (χ0v) is 11.3. The van der Waals surface area contributed by atoms with Gasteiger partial charge in [-0.15, -0.1) is 11.6 Å². The van der Waals surface area contributed by atoms with E-state index in [-0.39, 0.29) is 5.91 Å². The zero-order valence-electron chi connectivity index (χ0n) is 9.68. The second kappa shape index (κ2) is 5.44. The molecule has 0 aromatic heterocycles. The molecule has 4 heteroatoms. The van der Waals surface area contributed by atoms with E-state index >= 15 is 0 Å². The van der Waals surface area contributed by atoms with E-state index in [9.17, 15) is 4.79 Å². The molecule has 0 spiro atoms. The SMILES string of the molecule is CSC1CCC(NC(=O)C(C)(C)CCl)C1. The van der Waals surface area contributed by atoms with Crippen LogP contribution in [0.4, 0.5) is 0 Å². The maximum Gasteiger partial charge on any atom is 0.227 e. The molecule has 0 saturated heterocycles. The predicted octanol–water partition coefficient (Wildman–Crippen LogP) is 2.65. The lowest BCUT2D eigenvalue weighted by atomic mass is 9.95. The first kappa shape index (κ1) is 13.2. The molecule has 0 aromatic carbocycles. The highest BCUT2D eigenvalue weighted by molar-refractivity contribution is 7.99. The van der Waals surface area contributed by atoms with Crippen molar-refractivity contribution in [2.75, 3.05) is 12.1 Å². The van der Waals surface area contributed by atoms with Crippen molar-refractivity contribution in [3.8, 4) is 0 Å². The van der Waals surface area contributed by atoms with Crippen LogP contribution in [-0.4, -0.2) is 29.3 Å². The molecule has 1 aliphatic carbocycles. The van der Waals surface area contributed by atoms with E-state index in [1.165, 1.54) is 6.42 Å². The highest BCUT2D eigenvalue weighted by Gasteiger charge is 2.31. The van der Waals surface area contributed by atoms with Crippen molar-refractivity contribution in [3.63, 3.8) is 0 Å². The number of nitrogens with one attached hydrogen (secondary N) is 1. The lowest BCUT2D eigenvalue weighted by molar-refractivity contribution is -0.129. The minimum absolute atomic E-state index is 0.0873. The molecule has 0 bridgehead atoms. The van der Waals surface area contributed by atoms with Gasteiger partial charge in [-0.25, -0.2) is 0 Å². The fourth-order valence-electron chi connectivity index (χ4n) is 1.73. The quantitative estimate of drug-likeness (QED) is 0.777. The molecular formula is C11H20ClNOS. The van der Waals surface area contributed by atoms with Crippen molar-refractivity contribution >= 4 is 29.3 Å². The Balaban J connectivity index is 2.40. The largest absolute Gasteiger partial charge is 0.353 e. The molecule has 0 radical (unpaired) electrons. The Morgan fingerprint density at radius 1 is 1.53 bits per heavy atom. The highest BCUT2D eigenvalue weighted by atomic mass is 35.5. The van der Waals surface area contributed by atoms with Crippen molar-refractivity contribution in [2.24, 2.45) is 5.41 Å². The van der Waals surface area contributed by atoms with Crippen molar-refractivity contribution in [1.82, 2.24) is 5.32 Å². The van der Waals surface area contributed by atoms with E-state index in [0.717, 1.165) is 18.1 Å². The molecule has 1 fully saturated rings. The predicted molar refractivity (Wildman–Crippen MR) is 67.6 cm³/mol. The zero-order chi connectivity index (χ0) is 11.5. The molecule has 15 heavy (non-hydrogen) atoms. The topological polar surface area (TPSA) is 29.1 Å². The summed E-state index contributed by atoms with van der Waals surface area (Å²) >= 11 is 7.66. The first-order chi connectivity index (χ1) is 6.99. The Morgan fingerprint density at radius 3 is 2.67 bits per heavy atom. The summed E-state index contributed by atoms with van der Waals surface area (Å²) < 4.78 is 0. The van der Waals surface area contributed by atoms with E-state index < -0.39 is 5.41 Å². The molecule has 2 unspecified atom stereocenters. The average Bonchev–Trinajstić information content (AvgIpc) is 2.65. The third-order valence-corrected chi connectivity index (χ3v) is 4.76. The Kier molecular flexibility index (Phi) is 4.78. The molecule has 0 aromatic rings. The van der Waals surface area contributed by atoms with Gasteiger partial charge in [0.2, 0.25) is 5.91 Å². The summed E-state index contributed by atoms with van der Waals surface area (Å²) in [5.74, 6) is 0.460. The van der Waals surface area contributed by atoms with Gasteiger partial charge < -0.3 is 5.32 Å². The number of carbonyl (C=O) groups excluding carboxylic acids is 1. The molecule has 2 atom stereocenters. The van der Waals surface area contributed by atoms with E-state index in [1.807, 2.05) is 25.6 Å². The first-order valence-electron chi connectivity index (χ1n) is 5.39. The average molecular weight is 250 g/mol. The Morgan fingerprint density at radius 2 is 2.20 bits per heavy atom. The molecule has 0 heterocycles. The van der Waals surface area contributed by atoms with Crippen molar-refractivity contribution < 1.29 is 4.79 Å². The number of rotatable bonds is 4. The molecule has 1 rings (SSSR count). The summed E-state index contributed by atoms with van der Waals surface area (Å²) in [5.41, 5.74) is -0.445. The highest BCUT2D eigenvalue weighted by Crippen LogP contribution is 2.29. The van der Waals surface area contributed by atoms with E-state index in [1.54, 1.807) is 0 Å². The van der Waals surface area contributed by atoms with Gasteiger partial charge in [-0.2, -0.15) is 11.8 Å². The second-order valence-electron chi connectivity index (χ2n) is 4.86. The van der Waals surface area contributed by atoms with Gasteiger partial charge in [-0.1, -0.05) is 0 Å². The van der Waals surface area contributed by atoms with Crippen molar-refractivity contribution in [1.29, 1.82) is 0 Å². The number of halogens is 1. The summed E-state index contributed by atoms with van der Waals surface area (Å²) in [5, 5.41) is 3.81. The standard InChI is InChI=1S/C11H20ClNOS/c1-11(2,7-12)10(14)13-8-4-5-9(6-8)15-3/h8-9H,4-7H2,1-3H3,(H,13,14). The van der Waals surface area contributed by atoms with Gasteiger partial charge in [0.15, 0.2) is 0 Å². The van der Waals surface area contributed by atoms with Gasteiger partial charge in [0.1, 0.15) is 0 Å². The summed E-state index contributed by atoms with van der Waals surface area (Å²) in [7, 11) is 0. The van der Waals surface area contributed by atoms with Gasteiger partial charge in [0.25, 0.3) is 0 Å². The Bertz CT molecular complexity index is 233. The smallest absolute Gasteiger partial charge is 0.227 e. The fraction of sp³-hybridized carbons (Fsp3) is 0.909. The number of carbonyl (C=O) groups is 1. The molecule has 0 aliphatic heterocycles. The molecule has 1 amide bonds. The fourth-order valence-corrected chi connectivity index (χ4v) is 2.64. The normalized spacial score (nSPS) is 26.7. The van der Waals surface area contributed by atoms with Crippen LogP contribution in [0.25, 0.3) is 0 Å². The molecule has 2 nitrogen and oxygen atoms in total. The molecule has 1 N–H and O–H groups in total. The first-order valence-corrected chi connectivity index (χ1v) is 7.21. The van der Waals surface area contributed by atoms with E-state index in [2.05, 4.69) is 11.6 Å². The Labute approximate surface area is 102 Å². The van der Waals surface area contributed by atoms with Gasteiger partial charge in [0.05, 0.1) is 5.41 Å². The summed E-state index contributed by atoms with van der Waals surface area (Å²) in [6.45, 7) is 3.77.